The van der Waals surface area contributed by atoms with E-state index in [0.29, 0.717) is 12.0 Å². The molecular weight excluding hydrogens is 543 g/mol. The van der Waals surface area contributed by atoms with Crippen LogP contribution >= 0.6 is 19.4 Å². The summed E-state index contributed by atoms with van der Waals surface area (Å²) in [5.74, 6) is 1.21. The van der Waals surface area contributed by atoms with Crippen molar-refractivity contribution in [2.75, 3.05) is 19.1 Å². The molecule has 0 bridgehead atoms. The lowest BCUT2D eigenvalue weighted by atomic mass is 9.78. The molecule has 10 heteroatoms. The molecule has 1 heterocycles. The summed E-state index contributed by atoms with van der Waals surface area (Å²) in [4.78, 5) is 21.6. The van der Waals surface area contributed by atoms with E-state index in [4.69, 9.17) is 40.7 Å². The Morgan fingerprint density at radius 3 is 1.46 bits per heavy atom. The molecule has 6 N–H and O–H groups in total. The molecule has 1 atom stereocenters. The maximum Gasteiger partial charge on any atom is 0.466 e. The van der Waals surface area contributed by atoms with Crippen molar-refractivity contribution in [2.45, 2.75) is 25.4 Å². The van der Waals surface area contributed by atoms with Crippen molar-refractivity contribution in [3.05, 3.63) is 115 Å². The molecule has 8 nitrogen and oxygen atoms in total. The quantitative estimate of drug-likeness (QED) is 0.0985. The number of aliphatic hydroxyl groups excluding tert-OH is 1. The Morgan fingerprint density at radius 1 is 0.897 bits per heavy atom. The van der Waals surface area contributed by atoms with Crippen LogP contribution in [0.4, 0.5) is 0 Å². The molecule has 4 rings (SSSR count). The van der Waals surface area contributed by atoms with Crippen molar-refractivity contribution >= 4 is 25.5 Å². The predicted molar refractivity (Wildman–Crippen MR) is 157 cm³/mol. The van der Waals surface area contributed by atoms with Gasteiger partial charge in [0, 0.05) is 5.41 Å². The van der Waals surface area contributed by atoms with Crippen LogP contribution in [0.25, 0.3) is 6.08 Å². The summed E-state index contributed by atoms with van der Waals surface area (Å²) >= 11 is 5.27. The fourth-order valence-corrected chi connectivity index (χ4v) is 2.85. The SMILES string of the molecule is C=CCO.C=Cc1ccccc1.CC(C)(c1ccc(O)cc1)c1ccc(O)cc1.ClCC1CO1.O=P(O)(O)O. The van der Waals surface area contributed by atoms with Crippen molar-refractivity contribution < 1.29 is 39.3 Å². The number of alkyl halides is 1. The molecule has 3 aromatic carbocycles. The first-order valence-electron chi connectivity index (χ1n) is 11.7. The fourth-order valence-electron chi connectivity index (χ4n) is 2.67. The zero-order chi connectivity index (χ0) is 29.9. The largest absolute Gasteiger partial charge is 0.508 e. The molecule has 1 aliphatic heterocycles. The van der Waals surface area contributed by atoms with E-state index in [1.165, 1.54) is 11.6 Å². The molecule has 1 unspecified atom stereocenters. The Bertz CT molecular complexity index is 1050. The van der Waals surface area contributed by atoms with Gasteiger partial charge in [-0.25, -0.2) is 4.57 Å². The molecule has 39 heavy (non-hydrogen) atoms. The molecule has 0 radical (unpaired) electrons. The summed E-state index contributed by atoms with van der Waals surface area (Å²) in [5, 5.41) is 26.3. The third-order valence-corrected chi connectivity index (χ3v) is 5.26. The zero-order valence-corrected chi connectivity index (χ0v) is 23.7. The first kappa shape index (κ1) is 36.1. The van der Waals surface area contributed by atoms with Gasteiger partial charge in [0.1, 0.15) is 11.5 Å². The summed E-state index contributed by atoms with van der Waals surface area (Å²) in [6.07, 6.45) is 3.66. The molecule has 0 aliphatic carbocycles. The minimum Gasteiger partial charge on any atom is -0.508 e. The molecular formula is C29H38ClO8P. The number of aliphatic hydroxyl groups is 1. The number of rotatable bonds is 5. The van der Waals surface area contributed by atoms with E-state index >= 15 is 0 Å². The number of aromatic hydroxyl groups is 2. The second-order valence-corrected chi connectivity index (χ2v) is 9.76. The zero-order valence-electron chi connectivity index (χ0n) is 22.1. The lowest BCUT2D eigenvalue weighted by Gasteiger charge is -2.26. The van der Waals surface area contributed by atoms with Gasteiger partial charge in [-0.05, 0) is 41.0 Å². The fraction of sp³-hybridized carbons (Fsp3) is 0.241. The number of hydrogen-bond acceptors (Lipinski definition) is 5. The van der Waals surface area contributed by atoms with Crippen LogP contribution in [0.1, 0.15) is 30.5 Å². The van der Waals surface area contributed by atoms with Crippen molar-refractivity contribution in [3.8, 4) is 11.5 Å². The van der Waals surface area contributed by atoms with Crippen molar-refractivity contribution in [1.82, 2.24) is 0 Å². The van der Waals surface area contributed by atoms with Gasteiger partial charge in [0.15, 0.2) is 0 Å². The Kier molecular flexibility index (Phi) is 17.7. The number of hydrogen-bond donors (Lipinski definition) is 6. The second kappa shape index (κ2) is 19.2. The maximum atomic E-state index is 9.30. The lowest BCUT2D eigenvalue weighted by Crippen LogP contribution is -2.18. The Labute approximate surface area is 235 Å². The molecule has 0 spiro atoms. The summed E-state index contributed by atoms with van der Waals surface area (Å²) in [7, 11) is -4.64. The molecule has 3 aromatic rings. The third kappa shape index (κ3) is 18.9. The van der Waals surface area contributed by atoms with Gasteiger partial charge >= 0.3 is 7.82 Å². The normalized spacial score (nSPS) is 13.3. The third-order valence-electron chi connectivity index (χ3n) is 4.92. The topological polar surface area (TPSA) is 151 Å². The van der Waals surface area contributed by atoms with Gasteiger partial charge in [0.2, 0.25) is 0 Å². The molecule has 1 fully saturated rings. The van der Waals surface area contributed by atoms with E-state index in [0.717, 1.165) is 17.7 Å². The van der Waals surface area contributed by atoms with Crippen LogP contribution in [-0.2, 0) is 14.7 Å². The van der Waals surface area contributed by atoms with Gasteiger partial charge in [-0.2, -0.15) is 0 Å². The number of benzene rings is 3. The molecule has 0 amide bonds. The predicted octanol–water partition coefficient (Wildman–Crippen LogP) is 5.61. The van der Waals surface area contributed by atoms with Crippen LogP contribution in [0.3, 0.4) is 0 Å². The number of ether oxygens (including phenoxy) is 1. The monoisotopic (exact) mass is 580 g/mol. The number of phenols is 2. The first-order chi connectivity index (χ1) is 18.3. The number of phenolic OH excluding ortho intramolecular Hbond substituents is 2. The number of epoxide rings is 1. The van der Waals surface area contributed by atoms with Gasteiger partial charge in [-0.15, -0.1) is 18.2 Å². The highest BCUT2D eigenvalue weighted by molar-refractivity contribution is 7.45. The average Bonchev–Trinajstić information content (AvgIpc) is 3.75. The summed E-state index contributed by atoms with van der Waals surface area (Å²) < 4.78 is 13.6. The van der Waals surface area contributed by atoms with Crippen LogP contribution in [0.2, 0.25) is 0 Å². The molecule has 0 aromatic heterocycles. The second-order valence-electron chi connectivity index (χ2n) is 8.43. The standard InChI is InChI=1S/C15H16O2.C8H8.C3H5ClO.C3H6O.H3O4P/c1-15(2,11-3-7-13(16)8-4-11)12-5-9-14(17)10-6-12;1-2-8-6-4-3-5-7-8;4-1-3-2-5-3;1-2-3-4;1-5(2,3)4/h3-10,16-17H,1-2H3;2-7H,1H2;3H,1-2H2;2,4H,1,3H2;(H3,1,2,3,4). The minimum absolute atomic E-state index is 0.0833. The molecule has 1 aliphatic rings. The van der Waals surface area contributed by atoms with Gasteiger partial charge in [0.05, 0.1) is 25.2 Å². The van der Waals surface area contributed by atoms with Gasteiger partial charge in [-0.3, -0.25) is 0 Å². The van der Waals surface area contributed by atoms with Crippen LogP contribution < -0.4 is 0 Å². The highest BCUT2D eigenvalue weighted by Gasteiger charge is 2.22. The maximum absolute atomic E-state index is 9.30. The molecule has 214 valence electrons. The van der Waals surface area contributed by atoms with Gasteiger partial charge in [0.25, 0.3) is 0 Å². The van der Waals surface area contributed by atoms with Gasteiger partial charge < -0.3 is 34.7 Å². The van der Waals surface area contributed by atoms with Crippen LogP contribution in [0.15, 0.2) is 98.1 Å². The smallest absolute Gasteiger partial charge is 0.466 e. The van der Waals surface area contributed by atoms with E-state index in [1.54, 1.807) is 24.3 Å². The van der Waals surface area contributed by atoms with E-state index in [1.807, 2.05) is 60.7 Å². The highest BCUT2D eigenvalue weighted by atomic mass is 35.5. The molecule has 0 saturated carbocycles. The molecule has 1 saturated heterocycles. The van der Waals surface area contributed by atoms with Crippen molar-refractivity contribution in [2.24, 2.45) is 0 Å². The summed E-state index contributed by atoms with van der Waals surface area (Å²) in [5.41, 5.74) is 3.27. The highest BCUT2D eigenvalue weighted by Crippen LogP contribution is 2.32. The minimum atomic E-state index is -4.64. The Hall–Kier alpha value is -2.94. The Balaban J connectivity index is 0.000000542. The van der Waals surface area contributed by atoms with E-state index in [-0.39, 0.29) is 23.5 Å². The van der Waals surface area contributed by atoms with E-state index in [2.05, 4.69) is 27.0 Å². The summed E-state index contributed by atoms with van der Waals surface area (Å²) in [6, 6.07) is 24.5. The van der Waals surface area contributed by atoms with Crippen LogP contribution in [0, 0.1) is 0 Å². The Morgan fingerprint density at radius 2 is 1.26 bits per heavy atom. The van der Waals surface area contributed by atoms with Gasteiger partial charge in [-0.1, -0.05) is 87.2 Å². The van der Waals surface area contributed by atoms with Crippen molar-refractivity contribution in [3.63, 3.8) is 0 Å². The first-order valence-corrected chi connectivity index (χ1v) is 13.8. The van der Waals surface area contributed by atoms with Crippen LogP contribution in [0.5, 0.6) is 11.5 Å². The number of phosphoric acid groups is 1. The summed E-state index contributed by atoms with van der Waals surface area (Å²) in [6.45, 7) is 12.1. The average molecular weight is 581 g/mol. The van der Waals surface area contributed by atoms with Crippen LogP contribution in [-0.4, -0.2) is 55.2 Å². The number of halogens is 1. The van der Waals surface area contributed by atoms with Crippen molar-refractivity contribution in [1.29, 1.82) is 0 Å². The lowest BCUT2D eigenvalue weighted by molar-refractivity contribution is 0.275. The van der Waals surface area contributed by atoms with E-state index in [9.17, 15) is 10.2 Å². The van der Waals surface area contributed by atoms with E-state index < -0.39 is 7.82 Å².